The fourth-order valence-electron chi connectivity index (χ4n) is 1.56. The molecule has 1 aliphatic rings. The van der Waals surface area contributed by atoms with Gasteiger partial charge in [-0.3, -0.25) is 0 Å². The highest BCUT2D eigenvalue weighted by atomic mass is 35.5. The summed E-state index contributed by atoms with van der Waals surface area (Å²) in [6.45, 7) is 0.731. The van der Waals surface area contributed by atoms with E-state index in [0.717, 1.165) is 5.56 Å². The summed E-state index contributed by atoms with van der Waals surface area (Å²) >= 11 is 5.99. The normalized spacial score (nSPS) is 16.7. The molecule has 0 fully saturated rings. The predicted molar refractivity (Wildman–Crippen MR) is 55.8 cm³/mol. The molecule has 5 heteroatoms. The Labute approximate surface area is 92.5 Å². The molecule has 4 nitrogen and oxygen atoms in total. The summed E-state index contributed by atoms with van der Waals surface area (Å²) in [6, 6.07) is 3.44. The third-order valence-electron chi connectivity index (χ3n) is 2.35. The Hall–Kier alpha value is -0.810. The zero-order valence-corrected chi connectivity index (χ0v) is 8.83. The zero-order valence-electron chi connectivity index (χ0n) is 8.07. The fraction of sp³-hybridized carbons (Fsp3) is 0.400. The van der Waals surface area contributed by atoms with Gasteiger partial charge in [0.15, 0.2) is 6.79 Å². The maximum absolute atomic E-state index is 9.69. The Morgan fingerprint density at radius 2 is 2.33 bits per heavy atom. The molecule has 0 spiro atoms. The molecule has 1 aromatic rings. The van der Waals surface area contributed by atoms with Crippen molar-refractivity contribution in [3.8, 4) is 5.75 Å². The van der Waals surface area contributed by atoms with Crippen molar-refractivity contribution in [1.29, 1.82) is 0 Å². The van der Waals surface area contributed by atoms with E-state index in [1.54, 1.807) is 12.1 Å². The highest BCUT2D eigenvalue weighted by molar-refractivity contribution is 6.31. The SMILES string of the molecule is NCC(O)c1ccc(Cl)c2c1OCOC2. The van der Waals surface area contributed by atoms with Crippen LogP contribution in [0.2, 0.25) is 5.02 Å². The van der Waals surface area contributed by atoms with E-state index in [4.69, 9.17) is 26.8 Å². The lowest BCUT2D eigenvalue weighted by Crippen LogP contribution is -2.18. The van der Waals surface area contributed by atoms with Crippen LogP contribution in [0.25, 0.3) is 0 Å². The van der Waals surface area contributed by atoms with Crippen molar-refractivity contribution in [2.24, 2.45) is 5.73 Å². The van der Waals surface area contributed by atoms with E-state index in [1.807, 2.05) is 0 Å². The molecule has 1 unspecified atom stereocenters. The number of benzene rings is 1. The highest BCUT2D eigenvalue weighted by Gasteiger charge is 2.21. The Balaban J connectivity index is 2.48. The molecule has 0 aromatic heterocycles. The summed E-state index contributed by atoms with van der Waals surface area (Å²) in [5, 5.41) is 10.3. The molecule has 15 heavy (non-hydrogen) atoms. The quantitative estimate of drug-likeness (QED) is 0.800. The summed E-state index contributed by atoms with van der Waals surface area (Å²) < 4.78 is 10.5. The highest BCUT2D eigenvalue weighted by Crippen LogP contribution is 2.36. The maximum Gasteiger partial charge on any atom is 0.189 e. The van der Waals surface area contributed by atoms with Crippen molar-refractivity contribution >= 4 is 11.6 Å². The summed E-state index contributed by atoms with van der Waals surface area (Å²) in [5.74, 6) is 0.603. The van der Waals surface area contributed by atoms with Crippen LogP contribution in [0.15, 0.2) is 12.1 Å². The number of aliphatic hydroxyl groups is 1. The van der Waals surface area contributed by atoms with Gasteiger partial charge in [-0.2, -0.15) is 0 Å². The zero-order chi connectivity index (χ0) is 10.8. The van der Waals surface area contributed by atoms with Crippen LogP contribution in [-0.2, 0) is 11.3 Å². The lowest BCUT2D eigenvalue weighted by molar-refractivity contribution is -0.0184. The van der Waals surface area contributed by atoms with E-state index in [2.05, 4.69) is 0 Å². The summed E-state index contributed by atoms with van der Waals surface area (Å²) in [4.78, 5) is 0. The minimum Gasteiger partial charge on any atom is -0.467 e. The van der Waals surface area contributed by atoms with Gasteiger partial charge in [0.25, 0.3) is 0 Å². The average Bonchev–Trinajstić information content (AvgIpc) is 2.29. The van der Waals surface area contributed by atoms with Crippen LogP contribution in [0.1, 0.15) is 17.2 Å². The van der Waals surface area contributed by atoms with Crippen LogP contribution in [0, 0.1) is 0 Å². The molecule has 0 amide bonds. The number of aliphatic hydroxyl groups excluding tert-OH is 1. The van der Waals surface area contributed by atoms with Crippen LogP contribution in [0.3, 0.4) is 0 Å². The molecule has 3 N–H and O–H groups in total. The molecule has 0 bridgehead atoms. The van der Waals surface area contributed by atoms with E-state index in [1.165, 1.54) is 0 Å². The predicted octanol–water partition coefficient (Wildman–Crippen LogP) is 1.20. The second-order valence-corrected chi connectivity index (χ2v) is 3.71. The van der Waals surface area contributed by atoms with Crippen LogP contribution in [0.5, 0.6) is 5.75 Å². The Morgan fingerprint density at radius 1 is 1.53 bits per heavy atom. The van der Waals surface area contributed by atoms with Crippen LogP contribution < -0.4 is 10.5 Å². The lowest BCUT2D eigenvalue weighted by atomic mass is 10.0. The smallest absolute Gasteiger partial charge is 0.189 e. The molecule has 82 valence electrons. The van der Waals surface area contributed by atoms with Gasteiger partial charge in [0.2, 0.25) is 0 Å². The number of halogens is 1. The third-order valence-corrected chi connectivity index (χ3v) is 2.70. The standard InChI is InChI=1S/C10H12ClNO3/c11-8-2-1-6(9(13)3-12)10-7(8)4-14-5-15-10/h1-2,9,13H,3-5,12H2. The molecule has 1 aromatic carbocycles. The van der Waals surface area contributed by atoms with Gasteiger partial charge in [0.05, 0.1) is 12.7 Å². The summed E-state index contributed by atoms with van der Waals surface area (Å²) in [7, 11) is 0. The molecule has 0 saturated heterocycles. The van der Waals surface area contributed by atoms with E-state index in [9.17, 15) is 5.11 Å². The lowest BCUT2D eigenvalue weighted by Gasteiger charge is -2.23. The van der Waals surface area contributed by atoms with E-state index in [-0.39, 0.29) is 13.3 Å². The molecule has 1 aliphatic heterocycles. The van der Waals surface area contributed by atoms with E-state index < -0.39 is 6.10 Å². The first kappa shape index (κ1) is 10.7. The van der Waals surface area contributed by atoms with Crippen LogP contribution >= 0.6 is 11.6 Å². The topological polar surface area (TPSA) is 64.7 Å². The first-order valence-electron chi connectivity index (χ1n) is 4.64. The average molecular weight is 230 g/mol. The Kier molecular flexibility index (Phi) is 3.11. The number of ether oxygens (including phenoxy) is 2. The number of nitrogens with two attached hydrogens (primary N) is 1. The van der Waals surface area contributed by atoms with Gasteiger partial charge < -0.3 is 20.3 Å². The van der Waals surface area contributed by atoms with Gasteiger partial charge in [0, 0.05) is 22.7 Å². The monoisotopic (exact) mass is 229 g/mol. The first-order valence-corrected chi connectivity index (χ1v) is 5.01. The number of hydrogen-bond donors (Lipinski definition) is 2. The van der Waals surface area contributed by atoms with Gasteiger partial charge in [-0.05, 0) is 6.07 Å². The van der Waals surface area contributed by atoms with Gasteiger partial charge in [-0.25, -0.2) is 0 Å². The Bertz CT molecular complexity index is 370. The van der Waals surface area contributed by atoms with Crippen molar-refractivity contribution in [1.82, 2.24) is 0 Å². The van der Waals surface area contributed by atoms with Gasteiger partial charge in [-0.1, -0.05) is 17.7 Å². The second kappa shape index (κ2) is 4.37. The molecule has 0 saturated carbocycles. The molecular formula is C10H12ClNO3. The van der Waals surface area contributed by atoms with Gasteiger partial charge >= 0.3 is 0 Å². The van der Waals surface area contributed by atoms with Crippen molar-refractivity contribution in [3.63, 3.8) is 0 Å². The summed E-state index contributed by atoms with van der Waals surface area (Å²) in [5.41, 5.74) is 6.84. The number of hydrogen-bond acceptors (Lipinski definition) is 4. The number of rotatable bonds is 2. The van der Waals surface area contributed by atoms with E-state index in [0.29, 0.717) is 22.9 Å². The minimum atomic E-state index is -0.728. The molecule has 0 aliphatic carbocycles. The number of fused-ring (bicyclic) bond motifs is 1. The van der Waals surface area contributed by atoms with Gasteiger partial charge in [0.1, 0.15) is 5.75 Å². The summed E-state index contributed by atoms with van der Waals surface area (Å²) in [6.07, 6.45) is -0.728. The minimum absolute atomic E-state index is 0.151. The van der Waals surface area contributed by atoms with E-state index >= 15 is 0 Å². The van der Waals surface area contributed by atoms with Crippen molar-refractivity contribution in [3.05, 3.63) is 28.3 Å². The second-order valence-electron chi connectivity index (χ2n) is 3.31. The van der Waals surface area contributed by atoms with Crippen molar-refractivity contribution < 1.29 is 14.6 Å². The van der Waals surface area contributed by atoms with Crippen LogP contribution in [-0.4, -0.2) is 18.4 Å². The molecular weight excluding hydrogens is 218 g/mol. The largest absolute Gasteiger partial charge is 0.467 e. The first-order chi connectivity index (χ1) is 7.24. The Morgan fingerprint density at radius 3 is 3.07 bits per heavy atom. The van der Waals surface area contributed by atoms with Crippen molar-refractivity contribution in [2.75, 3.05) is 13.3 Å². The molecule has 0 radical (unpaired) electrons. The van der Waals surface area contributed by atoms with Crippen molar-refractivity contribution in [2.45, 2.75) is 12.7 Å². The fourth-order valence-corrected chi connectivity index (χ4v) is 1.76. The maximum atomic E-state index is 9.69. The van der Waals surface area contributed by atoms with Gasteiger partial charge in [-0.15, -0.1) is 0 Å². The van der Waals surface area contributed by atoms with Crippen LogP contribution in [0.4, 0.5) is 0 Å². The molecule has 1 heterocycles. The third kappa shape index (κ3) is 1.94. The molecule has 1 atom stereocenters. The molecule has 2 rings (SSSR count).